The zero-order valence-corrected chi connectivity index (χ0v) is 17.3. The van der Waals surface area contributed by atoms with Gasteiger partial charge in [0.15, 0.2) is 0 Å². The van der Waals surface area contributed by atoms with E-state index >= 15 is 0 Å². The van der Waals surface area contributed by atoms with Crippen molar-refractivity contribution in [3.05, 3.63) is 89.1 Å². The molecule has 144 valence electrons. The molecule has 3 aromatic carbocycles. The number of benzene rings is 3. The van der Waals surface area contributed by atoms with Gasteiger partial charge in [-0.05, 0) is 62.1 Å². The molecule has 0 bridgehead atoms. The Kier molecular flexibility index (Phi) is 5.13. The molecule has 4 rings (SSSR count). The number of nitrogens with zero attached hydrogens (tertiary/aromatic N) is 2. The molecule has 3 heteroatoms. The number of allylic oxidation sites excluding steroid dienone is 1. The summed E-state index contributed by atoms with van der Waals surface area (Å²) in [7, 11) is 0. The van der Waals surface area contributed by atoms with E-state index in [2.05, 4.69) is 85.7 Å². The molecule has 1 heterocycles. The number of nitrogens with one attached hydrogen (secondary N) is 1. The number of para-hydroxylation sites is 1. The van der Waals surface area contributed by atoms with Crippen LogP contribution < -0.4 is 5.32 Å². The average molecular weight is 380 g/mol. The Balaban J connectivity index is 1.82. The molecule has 0 unspecified atom stereocenters. The van der Waals surface area contributed by atoms with Crippen LogP contribution >= 0.6 is 0 Å². The van der Waals surface area contributed by atoms with Gasteiger partial charge in [0, 0.05) is 22.8 Å². The molecule has 1 aromatic heterocycles. The van der Waals surface area contributed by atoms with E-state index in [1.54, 1.807) is 0 Å². The first-order chi connectivity index (χ1) is 14.0. The van der Waals surface area contributed by atoms with E-state index in [0.717, 1.165) is 22.2 Å². The fraction of sp³-hybridized carbons (Fsp3) is 0.154. The van der Waals surface area contributed by atoms with Crippen molar-refractivity contribution in [2.24, 2.45) is 0 Å². The van der Waals surface area contributed by atoms with Crippen LogP contribution in [0.5, 0.6) is 0 Å². The highest BCUT2D eigenvalue weighted by atomic mass is 15.1. The lowest BCUT2D eigenvalue weighted by atomic mass is 9.92. The summed E-state index contributed by atoms with van der Waals surface area (Å²) >= 11 is 0. The van der Waals surface area contributed by atoms with Crippen LogP contribution in [0.15, 0.2) is 66.9 Å². The van der Waals surface area contributed by atoms with E-state index in [4.69, 9.17) is 4.98 Å². The smallest absolute Gasteiger partial charge is 0.227 e. The highest BCUT2D eigenvalue weighted by molar-refractivity contribution is 5.95. The maximum Gasteiger partial charge on any atom is 0.227 e. The van der Waals surface area contributed by atoms with Gasteiger partial charge in [0.1, 0.15) is 0 Å². The molecular weight excluding hydrogens is 354 g/mol. The number of rotatable bonds is 4. The van der Waals surface area contributed by atoms with Crippen molar-refractivity contribution in [2.75, 3.05) is 5.32 Å². The zero-order chi connectivity index (χ0) is 20.4. The third kappa shape index (κ3) is 3.90. The largest absolute Gasteiger partial charge is 0.324 e. The van der Waals surface area contributed by atoms with Crippen LogP contribution in [0.3, 0.4) is 0 Å². The van der Waals surface area contributed by atoms with Crippen molar-refractivity contribution >= 4 is 28.6 Å². The Morgan fingerprint density at radius 3 is 2.31 bits per heavy atom. The molecule has 0 aliphatic heterocycles. The molecule has 0 aliphatic rings. The van der Waals surface area contributed by atoms with Gasteiger partial charge >= 0.3 is 0 Å². The molecule has 4 aromatic rings. The maximum atomic E-state index is 4.87. The third-order valence-electron chi connectivity index (χ3n) is 5.10. The van der Waals surface area contributed by atoms with Crippen molar-refractivity contribution in [3.63, 3.8) is 0 Å². The standard InChI is InChI=1S/C26H25N3/c1-5-7-20-14-18(3)24(19(4)15-20)23-9-6-8-21-16-27-26(29-25(21)23)28-22-12-10-17(2)11-13-22/h5-16H,1-4H3,(H,27,28,29)/b7-5+. The van der Waals surface area contributed by atoms with E-state index in [1.807, 2.05) is 25.3 Å². The summed E-state index contributed by atoms with van der Waals surface area (Å²) in [5, 5.41) is 4.36. The molecule has 1 N–H and O–H groups in total. The van der Waals surface area contributed by atoms with Gasteiger partial charge in [-0.25, -0.2) is 9.97 Å². The minimum Gasteiger partial charge on any atom is -0.324 e. The van der Waals surface area contributed by atoms with E-state index in [-0.39, 0.29) is 0 Å². The van der Waals surface area contributed by atoms with E-state index < -0.39 is 0 Å². The molecule has 3 nitrogen and oxygen atoms in total. The average Bonchev–Trinajstić information content (AvgIpc) is 2.70. The van der Waals surface area contributed by atoms with Crippen LogP contribution in [-0.2, 0) is 0 Å². The van der Waals surface area contributed by atoms with Crippen LogP contribution in [0.1, 0.15) is 29.2 Å². The summed E-state index contributed by atoms with van der Waals surface area (Å²) in [5.41, 5.74) is 9.27. The van der Waals surface area contributed by atoms with Gasteiger partial charge in [-0.3, -0.25) is 0 Å². The molecular formula is C26H25N3. The first-order valence-corrected chi connectivity index (χ1v) is 9.89. The summed E-state index contributed by atoms with van der Waals surface area (Å²) in [6.07, 6.45) is 6.10. The summed E-state index contributed by atoms with van der Waals surface area (Å²) in [6.45, 7) is 8.46. The number of aromatic nitrogens is 2. The van der Waals surface area contributed by atoms with Crippen LogP contribution in [0.4, 0.5) is 11.6 Å². The monoisotopic (exact) mass is 379 g/mol. The van der Waals surface area contributed by atoms with Gasteiger partial charge in [0.2, 0.25) is 5.95 Å². The van der Waals surface area contributed by atoms with Crippen molar-refractivity contribution in [2.45, 2.75) is 27.7 Å². The van der Waals surface area contributed by atoms with Crippen molar-refractivity contribution in [3.8, 4) is 11.1 Å². The first-order valence-electron chi connectivity index (χ1n) is 9.89. The lowest BCUT2D eigenvalue weighted by molar-refractivity contribution is 1.21. The quantitative estimate of drug-likeness (QED) is 0.415. The summed E-state index contributed by atoms with van der Waals surface area (Å²) in [4.78, 5) is 9.39. The highest BCUT2D eigenvalue weighted by Gasteiger charge is 2.12. The van der Waals surface area contributed by atoms with Gasteiger partial charge in [0.05, 0.1) is 5.52 Å². The predicted octanol–water partition coefficient (Wildman–Crippen LogP) is 7.00. The van der Waals surface area contributed by atoms with Gasteiger partial charge in [-0.2, -0.15) is 0 Å². The van der Waals surface area contributed by atoms with Gasteiger partial charge in [0.25, 0.3) is 0 Å². The number of fused-ring (bicyclic) bond motifs is 1. The number of hydrogen-bond acceptors (Lipinski definition) is 3. The third-order valence-corrected chi connectivity index (χ3v) is 5.10. The molecule has 0 amide bonds. The zero-order valence-electron chi connectivity index (χ0n) is 17.3. The second-order valence-electron chi connectivity index (χ2n) is 7.46. The molecule has 0 aliphatic carbocycles. The van der Waals surface area contributed by atoms with Gasteiger partial charge in [-0.15, -0.1) is 0 Å². The van der Waals surface area contributed by atoms with Crippen LogP contribution in [0.2, 0.25) is 0 Å². The lowest BCUT2D eigenvalue weighted by Gasteiger charge is -2.14. The van der Waals surface area contributed by atoms with Gasteiger partial charge in [-0.1, -0.05) is 60.2 Å². The van der Waals surface area contributed by atoms with Crippen LogP contribution in [0.25, 0.3) is 28.1 Å². The fourth-order valence-corrected chi connectivity index (χ4v) is 3.79. The number of hydrogen-bond donors (Lipinski definition) is 1. The molecule has 0 fully saturated rings. The Morgan fingerprint density at radius 1 is 0.897 bits per heavy atom. The molecule has 0 atom stereocenters. The van der Waals surface area contributed by atoms with Crippen molar-refractivity contribution < 1.29 is 0 Å². The lowest BCUT2D eigenvalue weighted by Crippen LogP contribution is -1.99. The Morgan fingerprint density at radius 2 is 1.62 bits per heavy atom. The topological polar surface area (TPSA) is 37.8 Å². The predicted molar refractivity (Wildman–Crippen MR) is 124 cm³/mol. The second kappa shape index (κ2) is 7.88. The Bertz CT molecular complexity index is 1180. The Hall–Kier alpha value is -3.46. The molecule has 0 radical (unpaired) electrons. The minimum absolute atomic E-state index is 0.606. The second-order valence-corrected chi connectivity index (χ2v) is 7.46. The minimum atomic E-state index is 0.606. The Labute approximate surface area is 172 Å². The molecule has 0 spiro atoms. The van der Waals surface area contributed by atoms with Crippen LogP contribution in [0, 0.1) is 20.8 Å². The van der Waals surface area contributed by atoms with E-state index in [1.165, 1.54) is 27.8 Å². The number of anilines is 2. The SMILES string of the molecule is C/C=C/c1cc(C)c(-c2cccc3cnc(Nc4ccc(C)cc4)nc23)c(C)c1. The summed E-state index contributed by atoms with van der Waals surface area (Å²) < 4.78 is 0. The molecule has 0 saturated carbocycles. The van der Waals surface area contributed by atoms with E-state index in [0.29, 0.717) is 5.95 Å². The molecule has 29 heavy (non-hydrogen) atoms. The summed E-state index contributed by atoms with van der Waals surface area (Å²) in [6, 6.07) is 19.0. The van der Waals surface area contributed by atoms with Crippen LogP contribution in [-0.4, -0.2) is 9.97 Å². The number of aryl methyl sites for hydroxylation is 3. The van der Waals surface area contributed by atoms with Crippen molar-refractivity contribution in [1.29, 1.82) is 0 Å². The van der Waals surface area contributed by atoms with E-state index in [9.17, 15) is 0 Å². The fourth-order valence-electron chi connectivity index (χ4n) is 3.79. The highest BCUT2D eigenvalue weighted by Crippen LogP contribution is 2.34. The van der Waals surface area contributed by atoms with Gasteiger partial charge < -0.3 is 5.32 Å². The maximum absolute atomic E-state index is 4.87. The van der Waals surface area contributed by atoms with Crippen molar-refractivity contribution in [1.82, 2.24) is 9.97 Å². The normalized spacial score (nSPS) is 11.3. The summed E-state index contributed by atoms with van der Waals surface area (Å²) in [5.74, 6) is 0.606. The first kappa shape index (κ1) is 18.9. The molecule has 0 saturated heterocycles.